The number of ether oxygens (including phenoxy) is 1. The largest absolute Gasteiger partial charge is 0.481 e. The Morgan fingerprint density at radius 1 is 1.08 bits per heavy atom. The standard InChI is InChI=1S/C34H48N2O2/c1-5-28(34(6-2)21-12-17-30-29(34)18-19-32(35-30)38-4)33(37)36-22-20-26(27-16-11-10-13-24(27)3)23-31(36)25-14-8-7-9-15-25/h10-11,13,16,18-19,25-26,28,31H,5-9,12,14-15,17,20-23H2,1-4H3/t26-,28+,31+,34+/m1/s1. The Morgan fingerprint density at radius 2 is 1.87 bits per heavy atom. The summed E-state index contributed by atoms with van der Waals surface area (Å²) in [5.41, 5.74) is 5.21. The van der Waals surface area contributed by atoms with Gasteiger partial charge in [-0.2, -0.15) is 0 Å². The molecule has 2 heterocycles. The number of amides is 1. The highest BCUT2D eigenvalue weighted by Crippen LogP contribution is 2.49. The zero-order valence-corrected chi connectivity index (χ0v) is 24.2. The highest BCUT2D eigenvalue weighted by molar-refractivity contribution is 5.81. The smallest absolute Gasteiger partial charge is 0.226 e. The van der Waals surface area contributed by atoms with E-state index in [-0.39, 0.29) is 11.3 Å². The fraction of sp³-hybridized carbons (Fsp3) is 0.647. The van der Waals surface area contributed by atoms with E-state index in [1.807, 2.05) is 6.07 Å². The lowest BCUT2D eigenvalue weighted by Crippen LogP contribution is -2.55. The highest BCUT2D eigenvalue weighted by Gasteiger charge is 2.48. The van der Waals surface area contributed by atoms with E-state index in [0.717, 1.165) is 57.2 Å². The molecule has 0 unspecified atom stereocenters. The second-order valence-corrected chi connectivity index (χ2v) is 12.2. The summed E-state index contributed by atoms with van der Waals surface area (Å²) in [6.07, 6.45) is 13.7. The minimum atomic E-state index is -0.136. The number of fused-ring (bicyclic) bond motifs is 1. The van der Waals surface area contributed by atoms with Crippen LogP contribution in [0.25, 0.3) is 0 Å². The summed E-state index contributed by atoms with van der Waals surface area (Å²) in [5.74, 6) is 2.30. The fourth-order valence-electron chi connectivity index (χ4n) is 8.49. The Balaban J connectivity index is 1.47. The van der Waals surface area contributed by atoms with Crippen molar-refractivity contribution in [2.75, 3.05) is 13.7 Å². The lowest BCUT2D eigenvalue weighted by molar-refractivity contribution is -0.144. The molecule has 4 nitrogen and oxygen atoms in total. The molecule has 5 rings (SSSR count). The van der Waals surface area contributed by atoms with Crippen LogP contribution in [0.3, 0.4) is 0 Å². The second kappa shape index (κ2) is 11.8. The van der Waals surface area contributed by atoms with Crippen molar-refractivity contribution in [3.8, 4) is 5.88 Å². The molecule has 1 aromatic heterocycles. The molecule has 0 radical (unpaired) electrons. The summed E-state index contributed by atoms with van der Waals surface area (Å²) < 4.78 is 5.46. The summed E-state index contributed by atoms with van der Waals surface area (Å²) in [6, 6.07) is 13.5. The SMILES string of the molecule is CC[C@@H](C(=O)N1CC[C@@H](c2ccccc2C)C[C@H]1C1CCCCC1)[C@]1(CC)CCCc2nc(OC)ccc21. The van der Waals surface area contributed by atoms with Gasteiger partial charge in [-0.3, -0.25) is 4.79 Å². The van der Waals surface area contributed by atoms with Crippen molar-refractivity contribution in [3.63, 3.8) is 0 Å². The van der Waals surface area contributed by atoms with Gasteiger partial charge in [0.15, 0.2) is 0 Å². The number of carbonyl (C=O) groups excluding carboxylic acids is 1. The van der Waals surface area contributed by atoms with E-state index in [9.17, 15) is 4.79 Å². The van der Waals surface area contributed by atoms with E-state index in [4.69, 9.17) is 9.72 Å². The number of hydrogen-bond acceptors (Lipinski definition) is 3. The monoisotopic (exact) mass is 516 g/mol. The number of piperidine rings is 1. The molecule has 1 saturated carbocycles. The first-order valence-electron chi connectivity index (χ1n) is 15.4. The molecule has 4 atom stereocenters. The maximum atomic E-state index is 14.8. The highest BCUT2D eigenvalue weighted by atomic mass is 16.5. The van der Waals surface area contributed by atoms with Crippen LogP contribution in [0, 0.1) is 18.8 Å². The molecule has 0 bridgehead atoms. The van der Waals surface area contributed by atoms with E-state index >= 15 is 0 Å². The van der Waals surface area contributed by atoms with Crippen molar-refractivity contribution < 1.29 is 9.53 Å². The summed E-state index contributed by atoms with van der Waals surface area (Å²) in [6.45, 7) is 7.67. The van der Waals surface area contributed by atoms with Gasteiger partial charge in [-0.05, 0) is 93.2 Å². The molecule has 1 amide bonds. The predicted molar refractivity (Wildman–Crippen MR) is 155 cm³/mol. The van der Waals surface area contributed by atoms with Gasteiger partial charge in [-0.25, -0.2) is 4.98 Å². The average molecular weight is 517 g/mol. The Hall–Kier alpha value is -2.36. The molecule has 0 spiro atoms. The van der Waals surface area contributed by atoms with Gasteiger partial charge in [0, 0.05) is 35.7 Å². The average Bonchev–Trinajstić information content (AvgIpc) is 2.97. The van der Waals surface area contributed by atoms with Crippen LogP contribution in [-0.4, -0.2) is 35.5 Å². The normalized spacial score (nSPS) is 27.0. The fourth-order valence-corrected chi connectivity index (χ4v) is 8.49. The molecule has 2 aliphatic carbocycles. The molecule has 38 heavy (non-hydrogen) atoms. The van der Waals surface area contributed by atoms with E-state index in [1.54, 1.807) is 7.11 Å². The predicted octanol–water partition coefficient (Wildman–Crippen LogP) is 7.76. The third kappa shape index (κ3) is 5.00. The van der Waals surface area contributed by atoms with Crippen molar-refractivity contribution in [1.82, 2.24) is 9.88 Å². The molecule has 2 fully saturated rings. The van der Waals surface area contributed by atoms with Gasteiger partial charge in [-0.1, -0.05) is 63.4 Å². The minimum Gasteiger partial charge on any atom is -0.481 e. The van der Waals surface area contributed by atoms with Crippen LogP contribution < -0.4 is 4.74 Å². The number of rotatable bonds is 7. The van der Waals surface area contributed by atoms with Gasteiger partial charge in [0.25, 0.3) is 0 Å². The molecule has 2 aromatic rings. The Bertz CT molecular complexity index is 1110. The van der Waals surface area contributed by atoms with Gasteiger partial charge in [0.2, 0.25) is 11.8 Å². The second-order valence-electron chi connectivity index (χ2n) is 12.2. The van der Waals surface area contributed by atoms with Crippen molar-refractivity contribution in [2.45, 2.75) is 115 Å². The van der Waals surface area contributed by atoms with Gasteiger partial charge >= 0.3 is 0 Å². The van der Waals surface area contributed by atoms with Crippen molar-refractivity contribution in [3.05, 3.63) is 58.8 Å². The lowest BCUT2D eigenvalue weighted by atomic mass is 9.61. The third-order valence-electron chi connectivity index (χ3n) is 10.5. The Morgan fingerprint density at radius 3 is 2.58 bits per heavy atom. The number of hydrogen-bond donors (Lipinski definition) is 0. The Labute approximate surface area is 230 Å². The molecule has 0 N–H and O–H groups in total. The molecule has 3 aliphatic rings. The number of nitrogens with zero attached hydrogens (tertiary/aromatic N) is 2. The van der Waals surface area contributed by atoms with Crippen LogP contribution in [0.15, 0.2) is 36.4 Å². The molecule has 1 saturated heterocycles. The van der Waals surface area contributed by atoms with E-state index in [0.29, 0.717) is 29.7 Å². The van der Waals surface area contributed by atoms with Gasteiger partial charge in [-0.15, -0.1) is 0 Å². The summed E-state index contributed by atoms with van der Waals surface area (Å²) in [5, 5.41) is 0. The van der Waals surface area contributed by atoms with Crippen LogP contribution >= 0.6 is 0 Å². The molecule has 4 heteroatoms. The number of carbonyl (C=O) groups is 1. The van der Waals surface area contributed by atoms with Crippen LogP contribution in [0.5, 0.6) is 5.88 Å². The van der Waals surface area contributed by atoms with Crippen LogP contribution in [0.2, 0.25) is 0 Å². The number of aromatic nitrogens is 1. The van der Waals surface area contributed by atoms with Crippen molar-refractivity contribution in [1.29, 1.82) is 0 Å². The van der Waals surface area contributed by atoms with Gasteiger partial charge < -0.3 is 9.64 Å². The third-order valence-corrected chi connectivity index (χ3v) is 10.5. The van der Waals surface area contributed by atoms with Crippen molar-refractivity contribution in [2.24, 2.45) is 11.8 Å². The van der Waals surface area contributed by atoms with Gasteiger partial charge in [0.1, 0.15) is 0 Å². The van der Waals surface area contributed by atoms with Crippen LogP contribution in [-0.2, 0) is 16.6 Å². The minimum absolute atomic E-state index is 0.00264. The summed E-state index contributed by atoms with van der Waals surface area (Å²) >= 11 is 0. The first-order valence-corrected chi connectivity index (χ1v) is 15.4. The molecule has 1 aromatic carbocycles. The number of pyridine rings is 1. The quantitative estimate of drug-likeness (QED) is 0.378. The number of aryl methyl sites for hydroxylation is 2. The first-order chi connectivity index (χ1) is 18.5. The molecular weight excluding hydrogens is 468 g/mol. The topological polar surface area (TPSA) is 42.4 Å². The summed E-state index contributed by atoms with van der Waals surface area (Å²) in [7, 11) is 1.69. The van der Waals surface area contributed by atoms with Crippen LogP contribution in [0.1, 0.15) is 113 Å². The first kappa shape index (κ1) is 27.2. The maximum absolute atomic E-state index is 14.8. The van der Waals surface area contributed by atoms with E-state index in [2.05, 4.69) is 56.0 Å². The molecule has 1 aliphatic heterocycles. The van der Waals surface area contributed by atoms with Gasteiger partial charge in [0.05, 0.1) is 7.11 Å². The molecule has 206 valence electrons. The summed E-state index contributed by atoms with van der Waals surface area (Å²) in [4.78, 5) is 22.0. The zero-order chi connectivity index (χ0) is 26.7. The number of methoxy groups -OCH3 is 1. The number of benzene rings is 1. The Kier molecular flexibility index (Phi) is 8.45. The van der Waals surface area contributed by atoms with Crippen molar-refractivity contribution >= 4 is 5.91 Å². The molecular formula is C34H48N2O2. The van der Waals surface area contributed by atoms with E-state index < -0.39 is 0 Å². The van der Waals surface area contributed by atoms with E-state index in [1.165, 1.54) is 48.8 Å². The van der Waals surface area contributed by atoms with Crippen LogP contribution in [0.4, 0.5) is 0 Å². The lowest BCUT2D eigenvalue weighted by Gasteiger charge is -2.49. The zero-order valence-electron chi connectivity index (χ0n) is 24.2. The number of likely N-dealkylation sites (tertiary alicyclic amines) is 1. The maximum Gasteiger partial charge on any atom is 0.226 e.